The summed E-state index contributed by atoms with van der Waals surface area (Å²) in [6.45, 7) is 2.00. The Kier molecular flexibility index (Phi) is 2.88. The van der Waals surface area contributed by atoms with Crippen LogP contribution in [0.4, 0.5) is 0 Å². The first-order valence-electron chi connectivity index (χ1n) is 3.69. The summed E-state index contributed by atoms with van der Waals surface area (Å²) in [6.07, 6.45) is 0.800. The molecule has 0 aliphatic carbocycles. The Labute approximate surface area is 70.3 Å². The Hall–Kier alpha value is -0.380. The molecule has 1 N–H and O–H groups in total. The van der Waals surface area contributed by atoms with E-state index in [1.807, 2.05) is 6.92 Å². The number of phosphoric acid groups is 1. The number of rotatable bonds is 0. The van der Waals surface area contributed by atoms with E-state index in [0.717, 1.165) is 0 Å². The van der Waals surface area contributed by atoms with Gasteiger partial charge in [0.1, 0.15) is 0 Å². The predicted molar refractivity (Wildman–Crippen MR) is 40.3 cm³/mol. The number of carbonyl (C=O) groups is 1. The summed E-state index contributed by atoms with van der Waals surface area (Å²) in [5.74, 6) is -0.564. The lowest BCUT2D eigenvalue weighted by atomic mass is 10.1. The van der Waals surface area contributed by atoms with Crippen LogP contribution in [0.5, 0.6) is 0 Å². The summed E-state index contributed by atoms with van der Waals surface area (Å²) in [4.78, 5) is 19.6. The number of hydrogen-bond acceptors (Lipinski definition) is 4. The zero-order valence-corrected chi connectivity index (χ0v) is 7.62. The summed E-state index contributed by atoms with van der Waals surface area (Å²) in [5.41, 5.74) is 0. The van der Waals surface area contributed by atoms with Crippen LogP contribution in [0.1, 0.15) is 19.8 Å². The Morgan fingerprint density at radius 1 is 1.67 bits per heavy atom. The maximum atomic E-state index is 10.9. The molecule has 12 heavy (non-hydrogen) atoms. The van der Waals surface area contributed by atoms with Gasteiger partial charge in [-0.05, 0) is 12.3 Å². The second-order valence-electron chi connectivity index (χ2n) is 2.87. The van der Waals surface area contributed by atoms with Crippen molar-refractivity contribution in [2.24, 2.45) is 5.92 Å². The number of hydrogen-bond donors (Lipinski definition) is 1. The van der Waals surface area contributed by atoms with Crippen LogP contribution in [0.25, 0.3) is 0 Å². The van der Waals surface area contributed by atoms with Crippen molar-refractivity contribution in [1.29, 1.82) is 0 Å². The largest absolute Gasteiger partial charge is 0.529 e. The monoisotopic (exact) mass is 194 g/mol. The Morgan fingerprint density at radius 2 is 2.33 bits per heavy atom. The molecule has 1 fully saturated rings. The van der Waals surface area contributed by atoms with Crippen molar-refractivity contribution in [3.63, 3.8) is 0 Å². The lowest BCUT2D eigenvalue weighted by molar-refractivity contribution is -0.137. The Morgan fingerprint density at radius 3 is 3.00 bits per heavy atom. The van der Waals surface area contributed by atoms with E-state index in [2.05, 4.69) is 9.05 Å². The molecule has 1 saturated heterocycles. The van der Waals surface area contributed by atoms with E-state index in [-0.39, 0.29) is 18.9 Å². The van der Waals surface area contributed by atoms with Gasteiger partial charge in [-0.3, -0.25) is 14.2 Å². The third-order valence-corrected chi connectivity index (χ3v) is 2.49. The molecule has 0 aromatic heterocycles. The highest BCUT2D eigenvalue weighted by atomic mass is 31.2. The van der Waals surface area contributed by atoms with Gasteiger partial charge in [-0.15, -0.1) is 0 Å². The standard InChI is InChI=1S/C6H11O5P/c1-5-2-3-6(7)11-12(8,9)10-4-5/h5H,2-4H2,1H3,(H,8,9). The minimum atomic E-state index is -4.10. The molecule has 1 aliphatic heterocycles. The fourth-order valence-electron chi connectivity index (χ4n) is 0.870. The van der Waals surface area contributed by atoms with Gasteiger partial charge in [0.25, 0.3) is 0 Å². The molecule has 1 aliphatic rings. The predicted octanol–water partition coefficient (Wildman–Crippen LogP) is 1.08. The van der Waals surface area contributed by atoms with E-state index in [4.69, 9.17) is 4.89 Å². The van der Waals surface area contributed by atoms with Gasteiger partial charge in [0, 0.05) is 6.42 Å². The molecule has 70 valence electrons. The molecule has 1 rings (SSSR count). The van der Waals surface area contributed by atoms with Crippen molar-refractivity contribution in [2.75, 3.05) is 6.61 Å². The highest BCUT2D eigenvalue weighted by Crippen LogP contribution is 2.45. The zero-order valence-electron chi connectivity index (χ0n) is 6.73. The van der Waals surface area contributed by atoms with Crippen LogP contribution >= 0.6 is 7.82 Å². The fourth-order valence-corrected chi connectivity index (χ4v) is 1.71. The van der Waals surface area contributed by atoms with Crippen molar-refractivity contribution in [2.45, 2.75) is 19.8 Å². The fraction of sp³-hybridized carbons (Fsp3) is 0.833. The molecule has 0 saturated carbocycles. The zero-order chi connectivity index (χ0) is 9.19. The molecule has 6 heteroatoms. The van der Waals surface area contributed by atoms with Crippen LogP contribution in [0, 0.1) is 5.92 Å². The van der Waals surface area contributed by atoms with Gasteiger partial charge < -0.3 is 4.52 Å². The number of phosphoric ester groups is 1. The van der Waals surface area contributed by atoms with Gasteiger partial charge >= 0.3 is 13.8 Å². The summed E-state index contributed by atoms with van der Waals surface area (Å²) in [5, 5.41) is 0. The van der Waals surface area contributed by atoms with Gasteiger partial charge in [-0.2, -0.15) is 0 Å². The van der Waals surface area contributed by atoms with Gasteiger partial charge in [-0.25, -0.2) is 4.57 Å². The Balaban J connectivity index is 2.62. The summed E-state index contributed by atoms with van der Waals surface area (Å²) in [6, 6.07) is 0. The smallest absolute Gasteiger partial charge is 0.371 e. The molecule has 2 unspecified atom stereocenters. The first-order valence-corrected chi connectivity index (χ1v) is 5.19. The van der Waals surface area contributed by atoms with Crippen molar-refractivity contribution in [3.8, 4) is 0 Å². The molecule has 5 nitrogen and oxygen atoms in total. The SMILES string of the molecule is CC1CCC(=O)OP(=O)(O)OC1. The third-order valence-electron chi connectivity index (χ3n) is 1.58. The van der Waals surface area contributed by atoms with E-state index < -0.39 is 13.8 Å². The summed E-state index contributed by atoms with van der Waals surface area (Å²) in [7, 11) is -4.10. The van der Waals surface area contributed by atoms with Crippen molar-refractivity contribution in [1.82, 2.24) is 0 Å². The van der Waals surface area contributed by atoms with E-state index in [1.165, 1.54) is 0 Å². The number of carbonyl (C=O) groups excluding carboxylic acids is 1. The van der Waals surface area contributed by atoms with Crippen LogP contribution in [-0.4, -0.2) is 17.5 Å². The third kappa shape index (κ3) is 2.93. The van der Waals surface area contributed by atoms with E-state index in [1.54, 1.807) is 0 Å². The maximum absolute atomic E-state index is 10.9. The first-order chi connectivity index (χ1) is 5.49. The Bertz CT molecular complexity index is 226. The summed E-state index contributed by atoms with van der Waals surface area (Å²) < 4.78 is 19.6. The molecule has 0 spiro atoms. The average Bonchev–Trinajstić information content (AvgIpc) is 1.95. The second kappa shape index (κ2) is 3.56. The molecular formula is C6H11O5P. The topological polar surface area (TPSA) is 72.8 Å². The van der Waals surface area contributed by atoms with Crippen LogP contribution < -0.4 is 0 Å². The highest BCUT2D eigenvalue weighted by molar-refractivity contribution is 7.48. The van der Waals surface area contributed by atoms with Gasteiger partial charge in [-0.1, -0.05) is 6.92 Å². The molecular weight excluding hydrogens is 183 g/mol. The van der Waals surface area contributed by atoms with Crippen molar-refractivity contribution in [3.05, 3.63) is 0 Å². The molecule has 0 aromatic rings. The molecule has 0 aromatic carbocycles. The second-order valence-corrected chi connectivity index (χ2v) is 4.25. The lowest BCUT2D eigenvalue weighted by Crippen LogP contribution is -2.14. The van der Waals surface area contributed by atoms with E-state index >= 15 is 0 Å². The van der Waals surface area contributed by atoms with Crippen molar-refractivity contribution >= 4 is 13.8 Å². The molecule has 0 amide bonds. The van der Waals surface area contributed by atoms with Crippen LogP contribution in [0.2, 0.25) is 0 Å². The summed E-state index contributed by atoms with van der Waals surface area (Å²) >= 11 is 0. The molecule has 2 atom stereocenters. The first kappa shape index (κ1) is 9.71. The van der Waals surface area contributed by atoms with E-state index in [9.17, 15) is 9.36 Å². The van der Waals surface area contributed by atoms with E-state index in [0.29, 0.717) is 6.42 Å². The van der Waals surface area contributed by atoms with Gasteiger partial charge in [0.2, 0.25) is 0 Å². The normalized spacial score (nSPS) is 38.2. The quantitative estimate of drug-likeness (QED) is 0.584. The minimum absolute atomic E-state index is 0.110. The van der Waals surface area contributed by atoms with Gasteiger partial charge in [0.15, 0.2) is 0 Å². The van der Waals surface area contributed by atoms with Crippen LogP contribution in [0.15, 0.2) is 0 Å². The molecule has 0 bridgehead atoms. The molecule has 0 radical (unpaired) electrons. The minimum Gasteiger partial charge on any atom is -0.371 e. The highest BCUT2D eigenvalue weighted by Gasteiger charge is 2.29. The average molecular weight is 194 g/mol. The molecule has 1 heterocycles. The maximum Gasteiger partial charge on any atom is 0.529 e. The van der Waals surface area contributed by atoms with Crippen LogP contribution in [-0.2, 0) is 18.4 Å². The lowest BCUT2D eigenvalue weighted by Gasteiger charge is -2.18. The van der Waals surface area contributed by atoms with Gasteiger partial charge in [0.05, 0.1) is 6.61 Å². The van der Waals surface area contributed by atoms with Crippen molar-refractivity contribution < 1.29 is 23.3 Å². The van der Waals surface area contributed by atoms with Crippen LogP contribution in [0.3, 0.4) is 0 Å².